The molecule has 6 rings (SSSR count). The summed E-state index contributed by atoms with van der Waals surface area (Å²) in [5.74, 6) is 0. The molecule has 1 aliphatic carbocycles. The zero-order chi connectivity index (χ0) is 18.6. The third kappa shape index (κ3) is 2.45. The number of rotatable bonds is 2. The second kappa shape index (κ2) is 6.08. The number of nitrogens with one attached hydrogen (secondary N) is 1. The fourth-order valence-corrected chi connectivity index (χ4v) is 5.24. The summed E-state index contributed by atoms with van der Waals surface area (Å²) in [7, 11) is 0. The van der Waals surface area contributed by atoms with Crippen LogP contribution >= 0.6 is 0 Å². The second-order valence-electron chi connectivity index (χ2n) is 8.40. The maximum atomic E-state index is 3.58. The maximum absolute atomic E-state index is 3.58. The Morgan fingerprint density at radius 3 is 2.54 bits per heavy atom. The first-order chi connectivity index (χ1) is 13.8. The van der Waals surface area contributed by atoms with Crippen LogP contribution in [0.1, 0.15) is 29.5 Å². The van der Waals surface area contributed by atoms with Crippen molar-refractivity contribution < 1.29 is 0 Å². The van der Waals surface area contributed by atoms with Crippen LogP contribution in [0.25, 0.3) is 27.9 Å². The number of hydrogen-bond acceptors (Lipinski definition) is 1. The molecule has 28 heavy (non-hydrogen) atoms. The Morgan fingerprint density at radius 2 is 1.61 bits per heavy atom. The van der Waals surface area contributed by atoms with Crippen LogP contribution in [0, 0.1) is 0 Å². The van der Waals surface area contributed by atoms with E-state index in [1.807, 2.05) is 0 Å². The minimum Gasteiger partial charge on any atom is -0.355 e. The molecule has 138 valence electrons. The lowest BCUT2D eigenvalue weighted by atomic mass is 9.74. The number of piperidine rings is 1. The molecule has 1 N–H and O–H groups in total. The Morgan fingerprint density at radius 1 is 0.821 bits per heavy atom. The molecule has 2 heterocycles. The molecule has 0 saturated carbocycles. The highest BCUT2D eigenvalue weighted by Gasteiger charge is 2.37. The second-order valence-corrected chi connectivity index (χ2v) is 8.40. The number of nitrogens with zero attached hydrogens (tertiary/aromatic N) is 1. The molecule has 1 aliphatic heterocycles. The van der Waals surface area contributed by atoms with Gasteiger partial charge in [0.2, 0.25) is 0 Å². The van der Waals surface area contributed by atoms with Crippen molar-refractivity contribution in [1.82, 2.24) is 9.88 Å². The number of likely N-dealkylation sites (tertiary alicyclic amines) is 1. The highest BCUT2D eigenvalue weighted by molar-refractivity contribution is 6.07. The molecule has 0 amide bonds. The van der Waals surface area contributed by atoms with Crippen molar-refractivity contribution in [2.45, 2.75) is 24.8 Å². The van der Waals surface area contributed by atoms with Gasteiger partial charge < -0.3 is 4.98 Å². The molecule has 0 radical (unpaired) electrons. The monoisotopic (exact) mass is 364 g/mol. The van der Waals surface area contributed by atoms with Crippen LogP contribution < -0.4 is 0 Å². The number of para-hydroxylation sites is 1. The van der Waals surface area contributed by atoms with Gasteiger partial charge in [-0.05, 0) is 54.8 Å². The number of hydrogen-bond donors (Lipinski definition) is 1. The Kier molecular flexibility index (Phi) is 3.51. The van der Waals surface area contributed by atoms with Crippen LogP contribution in [0.5, 0.6) is 0 Å². The van der Waals surface area contributed by atoms with Gasteiger partial charge >= 0.3 is 0 Å². The smallest absolute Gasteiger partial charge is 0.0468 e. The molecule has 1 spiro atoms. The Hall–Kier alpha value is -2.84. The highest BCUT2D eigenvalue weighted by Crippen LogP contribution is 2.43. The predicted molar refractivity (Wildman–Crippen MR) is 117 cm³/mol. The van der Waals surface area contributed by atoms with E-state index in [0.717, 1.165) is 19.6 Å². The van der Waals surface area contributed by atoms with Gasteiger partial charge in [-0.2, -0.15) is 0 Å². The number of H-pyrrole nitrogens is 1. The van der Waals surface area contributed by atoms with Crippen molar-refractivity contribution in [1.29, 1.82) is 0 Å². The zero-order valence-corrected chi connectivity index (χ0v) is 16.0. The van der Waals surface area contributed by atoms with Gasteiger partial charge in [0.15, 0.2) is 0 Å². The molecular formula is C26H24N2. The molecule has 1 aromatic heterocycles. The summed E-state index contributed by atoms with van der Waals surface area (Å²) in [6, 6.07) is 24.4. The summed E-state index contributed by atoms with van der Waals surface area (Å²) in [5, 5.41) is 2.64. The van der Waals surface area contributed by atoms with Crippen LogP contribution in [0.4, 0.5) is 0 Å². The van der Waals surface area contributed by atoms with E-state index in [1.54, 1.807) is 0 Å². The summed E-state index contributed by atoms with van der Waals surface area (Å²) in [6.07, 6.45) is 7.23. The van der Waals surface area contributed by atoms with E-state index < -0.39 is 0 Å². The first-order valence-corrected chi connectivity index (χ1v) is 10.3. The van der Waals surface area contributed by atoms with Crippen molar-refractivity contribution in [3.8, 4) is 0 Å². The minimum atomic E-state index is 0.272. The lowest BCUT2D eigenvalue weighted by Gasteiger charge is -2.39. The van der Waals surface area contributed by atoms with Crippen molar-refractivity contribution in [3.05, 3.63) is 89.5 Å². The standard InChI is InChI=1S/C26H24N2/c1-3-7-23-20(5-1)11-12-26(23)13-15-28(16-14-26)18-19-9-10-22-21-6-2-4-8-24(21)27-25(22)17-19/h1-12,17,27H,13-16,18H2. The molecule has 1 saturated heterocycles. The number of benzene rings is 3. The van der Waals surface area contributed by atoms with E-state index in [-0.39, 0.29) is 5.41 Å². The van der Waals surface area contributed by atoms with E-state index >= 15 is 0 Å². The largest absolute Gasteiger partial charge is 0.355 e. The zero-order valence-electron chi connectivity index (χ0n) is 16.0. The lowest BCUT2D eigenvalue weighted by molar-refractivity contribution is 0.177. The average molecular weight is 364 g/mol. The van der Waals surface area contributed by atoms with Gasteiger partial charge in [0.25, 0.3) is 0 Å². The summed E-state index contributed by atoms with van der Waals surface area (Å²) in [5.41, 5.74) is 7.10. The Balaban J connectivity index is 1.22. The predicted octanol–water partition coefficient (Wildman–Crippen LogP) is 5.88. The fourth-order valence-electron chi connectivity index (χ4n) is 5.24. The summed E-state index contributed by atoms with van der Waals surface area (Å²) in [4.78, 5) is 6.19. The van der Waals surface area contributed by atoms with E-state index in [4.69, 9.17) is 0 Å². The number of fused-ring (bicyclic) bond motifs is 5. The fraction of sp³-hybridized carbons (Fsp3) is 0.231. The topological polar surface area (TPSA) is 19.0 Å². The molecule has 3 aromatic carbocycles. The van der Waals surface area contributed by atoms with Crippen molar-refractivity contribution in [2.75, 3.05) is 13.1 Å². The van der Waals surface area contributed by atoms with E-state index in [2.05, 4.69) is 88.8 Å². The molecule has 0 atom stereocenters. The lowest BCUT2D eigenvalue weighted by Crippen LogP contribution is -2.40. The Bertz CT molecular complexity index is 1210. The normalized spacial score (nSPS) is 18.3. The molecular weight excluding hydrogens is 340 g/mol. The third-order valence-electron chi connectivity index (χ3n) is 6.80. The average Bonchev–Trinajstić information content (AvgIpc) is 3.28. The van der Waals surface area contributed by atoms with Crippen LogP contribution in [-0.4, -0.2) is 23.0 Å². The minimum absolute atomic E-state index is 0.272. The van der Waals surface area contributed by atoms with Gasteiger partial charge in [0.1, 0.15) is 0 Å². The number of aromatic amines is 1. The third-order valence-corrected chi connectivity index (χ3v) is 6.80. The van der Waals surface area contributed by atoms with E-state index in [1.165, 1.54) is 51.3 Å². The van der Waals surface area contributed by atoms with E-state index in [0.29, 0.717) is 0 Å². The molecule has 1 fully saturated rings. The SMILES string of the molecule is C1=CC2(CCN(Cc3ccc4c(c3)[nH]c3ccccc34)CC2)c2ccccc21. The Labute approximate surface area is 165 Å². The number of aromatic nitrogens is 1. The first kappa shape index (κ1) is 16.1. The van der Waals surface area contributed by atoms with E-state index in [9.17, 15) is 0 Å². The van der Waals surface area contributed by atoms with Crippen molar-refractivity contribution >= 4 is 27.9 Å². The summed E-state index contributed by atoms with van der Waals surface area (Å²) < 4.78 is 0. The van der Waals surface area contributed by atoms with Crippen LogP contribution in [0.3, 0.4) is 0 Å². The highest BCUT2D eigenvalue weighted by atomic mass is 15.1. The van der Waals surface area contributed by atoms with Gasteiger partial charge in [-0.3, -0.25) is 4.90 Å². The van der Waals surface area contributed by atoms with Crippen LogP contribution in [-0.2, 0) is 12.0 Å². The molecule has 4 aromatic rings. The quantitative estimate of drug-likeness (QED) is 0.470. The molecule has 0 unspecified atom stereocenters. The van der Waals surface area contributed by atoms with Gasteiger partial charge in [0, 0.05) is 33.8 Å². The van der Waals surface area contributed by atoms with Crippen molar-refractivity contribution in [2.24, 2.45) is 0 Å². The van der Waals surface area contributed by atoms with Gasteiger partial charge in [-0.25, -0.2) is 0 Å². The summed E-state index contributed by atoms with van der Waals surface area (Å²) >= 11 is 0. The van der Waals surface area contributed by atoms with Gasteiger partial charge in [-0.15, -0.1) is 0 Å². The summed E-state index contributed by atoms with van der Waals surface area (Å²) in [6.45, 7) is 3.35. The molecule has 2 aliphatic rings. The van der Waals surface area contributed by atoms with Crippen molar-refractivity contribution in [3.63, 3.8) is 0 Å². The van der Waals surface area contributed by atoms with Crippen LogP contribution in [0.2, 0.25) is 0 Å². The molecule has 0 bridgehead atoms. The first-order valence-electron chi connectivity index (χ1n) is 10.3. The molecule has 2 heteroatoms. The van der Waals surface area contributed by atoms with Gasteiger partial charge in [0.05, 0.1) is 0 Å². The molecule has 2 nitrogen and oxygen atoms in total. The number of allylic oxidation sites excluding steroid dienone is 1. The maximum Gasteiger partial charge on any atom is 0.0468 e. The van der Waals surface area contributed by atoms with Crippen LogP contribution in [0.15, 0.2) is 72.8 Å². The van der Waals surface area contributed by atoms with Gasteiger partial charge in [-0.1, -0.05) is 66.7 Å².